The number of aromatic nitrogens is 2. The van der Waals surface area contributed by atoms with Crippen molar-refractivity contribution in [3.05, 3.63) is 95.8 Å². The Morgan fingerprint density at radius 1 is 0.904 bits per heavy atom. The molecule has 0 radical (unpaired) electrons. The van der Waals surface area contributed by atoms with Gasteiger partial charge in [0.25, 0.3) is 0 Å². The van der Waals surface area contributed by atoms with Crippen molar-refractivity contribution in [1.82, 2.24) is 19.8 Å². The molecule has 4 aromatic rings. The van der Waals surface area contributed by atoms with Gasteiger partial charge in [0, 0.05) is 40.0 Å². The summed E-state index contributed by atoms with van der Waals surface area (Å²) in [6.45, 7) is 4.09. The number of pyridine rings is 1. The summed E-state index contributed by atoms with van der Waals surface area (Å²) in [6.07, 6.45) is 23.9. The van der Waals surface area contributed by atoms with Crippen LogP contribution in [0, 0.1) is 11.3 Å². The van der Waals surface area contributed by atoms with Crippen LogP contribution in [0.5, 0.6) is 5.75 Å². The van der Waals surface area contributed by atoms with E-state index in [1.165, 1.54) is 31.4 Å². The Labute approximate surface area is 311 Å². The Hall–Kier alpha value is -3.47. The lowest BCUT2D eigenvalue weighted by molar-refractivity contribution is -0.0894. The fourth-order valence-corrected chi connectivity index (χ4v) is 11.5. The Morgan fingerprint density at radius 3 is 2.56 bits per heavy atom. The summed E-state index contributed by atoms with van der Waals surface area (Å²) in [5.41, 5.74) is 2.19. The lowest BCUT2D eigenvalue weighted by atomic mass is 9.54. The number of para-hydroxylation sites is 1. The minimum atomic E-state index is -4.12. The number of aliphatic hydroxyl groups is 1. The second-order valence-electron chi connectivity index (χ2n) is 15.7. The molecule has 4 aliphatic heterocycles. The number of nitrogens with zero attached hydrogens (tertiary/aromatic N) is 3. The molecule has 2 aromatic heterocycles. The molecule has 6 atom stereocenters. The van der Waals surface area contributed by atoms with E-state index in [1.807, 2.05) is 24.4 Å². The number of halogens is 1. The molecule has 1 aliphatic carbocycles. The van der Waals surface area contributed by atoms with Gasteiger partial charge in [-0.3, -0.25) is 9.88 Å². The number of rotatable bonds is 4. The molecular formula is C42H47ClN4O4S. The van der Waals surface area contributed by atoms with Crippen LogP contribution in [0.15, 0.2) is 90.0 Å². The van der Waals surface area contributed by atoms with Crippen molar-refractivity contribution in [2.75, 3.05) is 26.2 Å². The first-order valence-corrected chi connectivity index (χ1v) is 20.9. The second-order valence-corrected chi connectivity index (χ2v) is 17.6. The third-order valence-electron chi connectivity index (χ3n) is 12.6. The van der Waals surface area contributed by atoms with E-state index in [-0.39, 0.29) is 28.0 Å². The molecule has 2 aromatic carbocycles. The predicted octanol–water partition coefficient (Wildman–Crippen LogP) is 8.28. The van der Waals surface area contributed by atoms with Gasteiger partial charge in [0.1, 0.15) is 4.90 Å². The summed E-state index contributed by atoms with van der Waals surface area (Å²) in [5, 5.41) is 15.5. The van der Waals surface area contributed by atoms with E-state index < -0.39 is 15.7 Å². The summed E-state index contributed by atoms with van der Waals surface area (Å²) in [7, 11) is -4.12. The van der Waals surface area contributed by atoms with Gasteiger partial charge in [-0.2, -0.15) is 8.42 Å². The molecule has 1 unspecified atom stereocenters. The van der Waals surface area contributed by atoms with Gasteiger partial charge >= 0.3 is 10.1 Å². The minimum absolute atomic E-state index is 0.0125. The Morgan fingerprint density at radius 2 is 1.69 bits per heavy atom. The van der Waals surface area contributed by atoms with Crippen LogP contribution < -0.4 is 4.18 Å². The lowest BCUT2D eigenvalue weighted by Gasteiger charge is -2.58. The van der Waals surface area contributed by atoms with E-state index in [9.17, 15) is 13.5 Å². The number of H-pyrrole nitrogens is 1. The monoisotopic (exact) mass is 738 g/mol. The van der Waals surface area contributed by atoms with Gasteiger partial charge in [-0.05, 0) is 138 Å². The van der Waals surface area contributed by atoms with Crippen molar-refractivity contribution in [2.24, 2.45) is 11.3 Å². The maximum absolute atomic E-state index is 13.4. The van der Waals surface area contributed by atoms with E-state index in [2.05, 4.69) is 45.2 Å². The molecule has 0 saturated carbocycles. The van der Waals surface area contributed by atoms with Crippen LogP contribution in [0.2, 0.25) is 5.02 Å². The standard InChI is InChI=1S/C42H47ClN4O4S/c43-29-15-17-31(18-16-29)52(49,50)51-36-14-11-13-32-33-19-22-44-38(39(33)45-37(32)36)34-27-42(48)21-8-4-1-2-5-9-23-46-25-20-35(34)41(28-46)26-30-12-7-3-6-10-24-47(30)40(41)42/h1,4,7,11-19,22,27,30,35,40,45,48H,2-3,5-6,8-10,20-21,23-26,28H2/b4-1-,12-7-/t30-,35-,40+,41-,42-/m0/s1. The zero-order valence-corrected chi connectivity index (χ0v) is 31.1. The van der Waals surface area contributed by atoms with Gasteiger partial charge in [-0.15, -0.1) is 0 Å². The first kappa shape index (κ1) is 34.3. The topological polar surface area (TPSA) is 98.8 Å². The third-order valence-corrected chi connectivity index (χ3v) is 14.1. The summed E-state index contributed by atoms with van der Waals surface area (Å²) in [6, 6.07) is 13.8. The molecule has 2 saturated heterocycles. The molecule has 8 nitrogen and oxygen atoms in total. The van der Waals surface area contributed by atoms with E-state index in [0.717, 1.165) is 92.3 Å². The molecule has 9 rings (SSSR count). The number of benzene rings is 2. The minimum Gasteiger partial charge on any atom is -0.384 e. The Balaban J connectivity index is 1.20. The summed E-state index contributed by atoms with van der Waals surface area (Å²) >= 11 is 6.04. The fraction of sp³-hybridized carbons (Fsp3) is 0.452. The molecule has 5 aliphatic rings. The second kappa shape index (κ2) is 13.4. The Bertz CT molecular complexity index is 2200. The van der Waals surface area contributed by atoms with Crippen LogP contribution >= 0.6 is 11.6 Å². The number of piperidine rings is 1. The molecule has 3 bridgehead atoms. The molecule has 10 heteroatoms. The quantitative estimate of drug-likeness (QED) is 0.161. The number of nitrogens with one attached hydrogen (secondary N) is 1. The number of hydrogen-bond donors (Lipinski definition) is 2. The van der Waals surface area contributed by atoms with E-state index in [0.29, 0.717) is 23.0 Å². The zero-order chi connectivity index (χ0) is 35.5. The number of aromatic amines is 1. The SMILES string of the molecule is O=S(=O)(Oc1cccc2c1[nH]c1c(C3=C[C@@]4(O)CC/C=C\CCCCN5CC[C@@H]3[C@]3(C[C@@H]6/C=C\CCCCN6[C@H]34)C5)nccc12)c1ccc(Cl)cc1. The van der Waals surface area contributed by atoms with Crippen molar-refractivity contribution in [1.29, 1.82) is 0 Å². The average Bonchev–Trinajstić information content (AvgIpc) is 3.65. The number of allylic oxidation sites excluding steroid dienone is 4. The van der Waals surface area contributed by atoms with Gasteiger partial charge in [0.15, 0.2) is 5.75 Å². The van der Waals surface area contributed by atoms with E-state index in [1.54, 1.807) is 18.2 Å². The summed E-state index contributed by atoms with van der Waals surface area (Å²) < 4.78 is 32.6. The largest absolute Gasteiger partial charge is 0.384 e. The Kier molecular flexibility index (Phi) is 8.86. The van der Waals surface area contributed by atoms with Crippen LogP contribution in [0.4, 0.5) is 0 Å². The highest BCUT2D eigenvalue weighted by Gasteiger charge is 2.65. The van der Waals surface area contributed by atoms with Gasteiger partial charge in [0.2, 0.25) is 0 Å². The summed E-state index contributed by atoms with van der Waals surface area (Å²) in [4.78, 5) is 14.1. The molecule has 2 N–H and O–H groups in total. The number of hydrogen-bond acceptors (Lipinski definition) is 7. The van der Waals surface area contributed by atoms with Crippen molar-refractivity contribution < 1.29 is 17.7 Å². The van der Waals surface area contributed by atoms with Gasteiger partial charge in [0.05, 0.1) is 28.4 Å². The molecule has 6 heterocycles. The molecule has 1 spiro atoms. The first-order valence-electron chi connectivity index (χ1n) is 19.1. The van der Waals surface area contributed by atoms with E-state index in [4.69, 9.17) is 20.8 Å². The third kappa shape index (κ3) is 5.84. The average molecular weight is 739 g/mol. The molecule has 0 amide bonds. The highest BCUT2D eigenvalue weighted by molar-refractivity contribution is 7.87. The van der Waals surface area contributed by atoms with Gasteiger partial charge < -0.3 is 19.2 Å². The normalized spacial score (nSPS) is 32.4. The van der Waals surface area contributed by atoms with Crippen molar-refractivity contribution >= 4 is 49.1 Å². The van der Waals surface area contributed by atoms with Crippen molar-refractivity contribution in [3.8, 4) is 5.75 Å². The van der Waals surface area contributed by atoms with Crippen molar-refractivity contribution in [2.45, 2.75) is 86.8 Å². The van der Waals surface area contributed by atoms with Gasteiger partial charge in [-0.1, -0.05) is 48.0 Å². The van der Waals surface area contributed by atoms with Crippen LogP contribution in [0.3, 0.4) is 0 Å². The summed E-state index contributed by atoms with van der Waals surface area (Å²) in [5.74, 6) is 0.430. The van der Waals surface area contributed by atoms with Crippen LogP contribution in [-0.4, -0.2) is 77.2 Å². The fourth-order valence-electron chi connectivity index (χ4n) is 10.5. The number of fused-ring (bicyclic) bond motifs is 5. The zero-order valence-electron chi connectivity index (χ0n) is 29.5. The smallest absolute Gasteiger partial charge is 0.339 e. The highest BCUT2D eigenvalue weighted by Crippen LogP contribution is 2.62. The van der Waals surface area contributed by atoms with Gasteiger partial charge in [-0.25, -0.2) is 0 Å². The maximum atomic E-state index is 13.4. The first-order chi connectivity index (χ1) is 25.3. The lowest BCUT2D eigenvalue weighted by Crippen LogP contribution is -2.65. The maximum Gasteiger partial charge on any atom is 0.339 e. The van der Waals surface area contributed by atoms with Crippen molar-refractivity contribution in [3.63, 3.8) is 0 Å². The molecule has 272 valence electrons. The molecular weight excluding hydrogens is 692 g/mol. The van der Waals surface area contributed by atoms with E-state index >= 15 is 0 Å². The molecule has 52 heavy (non-hydrogen) atoms. The van der Waals surface area contributed by atoms with Crippen LogP contribution in [0.1, 0.15) is 69.9 Å². The predicted molar refractivity (Wildman–Crippen MR) is 207 cm³/mol. The van der Waals surface area contributed by atoms with Crippen LogP contribution in [0.25, 0.3) is 27.4 Å². The van der Waals surface area contributed by atoms with Crippen LogP contribution in [-0.2, 0) is 10.1 Å². The molecule has 2 fully saturated rings. The highest BCUT2D eigenvalue weighted by atomic mass is 35.5.